The maximum atomic E-state index is 13.9. The Hall–Kier alpha value is -4.76. The van der Waals surface area contributed by atoms with Crippen LogP contribution in [0.25, 0.3) is 0 Å². The minimum atomic E-state index is -4.81. The Morgan fingerprint density at radius 2 is 1.70 bits per heavy atom. The number of hydrogen-bond acceptors (Lipinski definition) is 9. The van der Waals surface area contributed by atoms with Crippen LogP contribution >= 0.6 is 23.1 Å². The van der Waals surface area contributed by atoms with Crippen LogP contribution in [0.4, 0.5) is 24.5 Å². The van der Waals surface area contributed by atoms with E-state index in [4.69, 9.17) is 14.2 Å². The van der Waals surface area contributed by atoms with Gasteiger partial charge in [0.1, 0.15) is 11.0 Å². The molecule has 15 heteroatoms. The highest BCUT2D eigenvalue weighted by Crippen LogP contribution is 2.54. The number of benzene rings is 3. The van der Waals surface area contributed by atoms with Gasteiger partial charge >= 0.3 is 11.0 Å². The lowest BCUT2D eigenvalue weighted by atomic mass is 9.83. The number of carbonyl (C=O) groups is 3. The number of nitrogens with zero attached hydrogens (tertiary/aromatic N) is 1. The smallest absolute Gasteiger partial charge is 0.418 e. The van der Waals surface area contributed by atoms with Crippen molar-refractivity contribution in [3.63, 3.8) is 0 Å². The highest BCUT2D eigenvalue weighted by molar-refractivity contribution is 8.00. The van der Waals surface area contributed by atoms with Crippen LogP contribution in [0.1, 0.15) is 21.9 Å². The summed E-state index contributed by atoms with van der Waals surface area (Å²) < 4.78 is 58.0. The SMILES string of the molecule is COc1ccc(NC(=O)COc2ccc([C@H]3c4sc(=O)[nH]c4SC4C(=O)N(c5ccccc5C(F)(F)F)C(=O)C43)cc2OC)cc1. The molecule has 3 heterocycles. The second-order valence-electron chi connectivity index (χ2n) is 10.3. The van der Waals surface area contributed by atoms with Crippen molar-refractivity contribution in [2.45, 2.75) is 22.4 Å². The summed E-state index contributed by atoms with van der Waals surface area (Å²) in [6, 6.07) is 15.8. The molecule has 46 heavy (non-hydrogen) atoms. The van der Waals surface area contributed by atoms with E-state index < -0.39 is 57.1 Å². The van der Waals surface area contributed by atoms with Gasteiger partial charge in [0.05, 0.1) is 36.4 Å². The van der Waals surface area contributed by atoms with Gasteiger partial charge in [0, 0.05) is 16.5 Å². The number of thioether (sulfide) groups is 1. The number of ether oxygens (including phenoxy) is 3. The van der Waals surface area contributed by atoms with Crippen LogP contribution < -0.4 is 29.3 Å². The van der Waals surface area contributed by atoms with Crippen molar-refractivity contribution in [2.24, 2.45) is 5.92 Å². The maximum absolute atomic E-state index is 13.9. The number of halogens is 3. The zero-order valence-electron chi connectivity index (χ0n) is 24.0. The van der Waals surface area contributed by atoms with Gasteiger partial charge in [0.25, 0.3) is 5.91 Å². The number of imide groups is 1. The summed E-state index contributed by atoms with van der Waals surface area (Å²) in [4.78, 5) is 55.9. The predicted molar refractivity (Wildman–Crippen MR) is 164 cm³/mol. The Balaban J connectivity index is 1.30. The third kappa shape index (κ3) is 5.71. The third-order valence-electron chi connectivity index (χ3n) is 7.55. The standard InChI is InChI=1S/C31H24F3N3O7S2/c1-42-17-10-8-16(9-11-17)35-22(38)14-44-20-12-7-15(13-21(20)43-2)23-24-26(45-27-25(23)46-30(41)36-27)29(40)37(28(24)39)19-6-4-3-5-18(19)31(32,33)34/h3-13,23-24,26H,14H2,1-2H3,(H,35,38)(H,36,41)/t23-,24?,26?/m1/s1. The third-order valence-corrected chi connectivity index (χ3v) is 9.95. The number of aromatic nitrogens is 1. The van der Waals surface area contributed by atoms with Crippen molar-refractivity contribution < 1.29 is 41.8 Å². The summed E-state index contributed by atoms with van der Waals surface area (Å²) in [5.74, 6) is -3.03. The molecule has 4 aromatic rings. The van der Waals surface area contributed by atoms with Gasteiger partial charge in [-0.2, -0.15) is 13.2 Å². The maximum Gasteiger partial charge on any atom is 0.418 e. The first kappa shape index (κ1) is 31.2. The molecule has 6 rings (SSSR count). The van der Waals surface area contributed by atoms with Gasteiger partial charge in [-0.3, -0.25) is 19.2 Å². The number of methoxy groups -OCH3 is 2. The fourth-order valence-corrected chi connectivity index (χ4v) is 8.05. The number of anilines is 2. The highest BCUT2D eigenvalue weighted by Gasteiger charge is 2.57. The van der Waals surface area contributed by atoms with Crippen LogP contribution in [-0.2, 0) is 20.6 Å². The monoisotopic (exact) mass is 671 g/mol. The van der Waals surface area contributed by atoms with E-state index in [2.05, 4.69) is 10.3 Å². The lowest BCUT2D eigenvalue weighted by Crippen LogP contribution is -2.33. The fraction of sp³-hybridized carbons (Fsp3) is 0.226. The first-order chi connectivity index (χ1) is 22.0. The van der Waals surface area contributed by atoms with E-state index in [0.717, 1.165) is 35.2 Å². The summed E-state index contributed by atoms with van der Waals surface area (Å²) in [7, 11) is 2.91. The highest BCUT2D eigenvalue weighted by atomic mass is 32.2. The average molecular weight is 672 g/mol. The number of nitrogens with one attached hydrogen (secondary N) is 2. The topological polar surface area (TPSA) is 127 Å². The largest absolute Gasteiger partial charge is 0.497 e. The zero-order chi connectivity index (χ0) is 32.7. The zero-order valence-corrected chi connectivity index (χ0v) is 25.7. The molecular weight excluding hydrogens is 647 g/mol. The molecule has 0 saturated carbocycles. The van der Waals surface area contributed by atoms with E-state index in [1.54, 1.807) is 36.4 Å². The van der Waals surface area contributed by atoms with Crippen LogP contribution in [0.2, 0.25) is 0 Å². The average Bonchev–Trinajstić information content (AvgIpc) is 3.53. The number of H-pyrrole nitrogens is 1. The van der Waals surface area contributed by atoms with Crippen molar-refractivity contribution in [2.75, 3.05) is 31.0 Å². The van der Waals surface area contributed by atoms with E-state index in [1.165, 1.54) is 32.4 Å². The first-order valence-electron chi connectivity index (χ1n) is 13.7. The molecule has 0 radical (unpaired) electrons. The van der Waals surface area contributed by atoms with Gasteiger partial charge < -0.3 is 24.5 Å². The van der Waals surface area contributed by atoms with Crippen LogP contribution in [0.3, 0.4) is 0 Å². The number of rotatable bonds is 8. The molecule has 2 aliphatic rings. The number of para-hydroxylation sites is 1. The second-order valence-corrected chi connectivity index (χ2v) is 12.4. The molecule has 3 atom stereocenters. The van der Waals surface area contributed by atoms with Crippen molar-refractivity contribution in [1.29, 1.82) is 0 Å². The van der Waals surface area contributed by atoms with Crippen LogP contribution in [-0.4, -0.2) is 48.8 Å². The minimum Gasteiger partial charge on any atom is -0.497 e. The van der Waals surface area contributed by atoms with Crippen molar-refractivity contribution in [1.82, 2.24) is 4.98 Å². The van der Waals surface area contributed by atoms with Gasteiger partial charge in [-0.05, 0) is 54.1 Å². The Bertz CT molecular complexity index is 1890. The Morgan fingerprint density at radius 3 is 2.39 bits per heavy atom. The molecule has 1 aromatic heterocycles. The summed E-state index contributed by atoms with van der Waals surface area (Å²) in [5.41, 5.74) is -0.666. The number of amides is 3. The predicted octanol–water partition coefficient (Wildman–Crippen LogP) is 5.29. The lowest BCUT2D eigenvalue weighted by Gasteiger charge is -2.30. The second kappa shape index (κ2) is 12.2. The van der Waals surface area contributed by atoms with Gasteiger partial charge in [0.15, 0.2) is 18.1 Å². The number of fused-ring (bicyclic) bond motifs is 2. The summed E-state index contributed by atoms with van der Waals surface area (Å²) in [6.45, 7) is -0.364. The molecular formula is C31H24F3N3O7S2. The first-order valence-corrected chi connectivity index (χ1v) is 15.4. The number of thiazole rings is 1. The summed E-state index contributed by atoms with van der Waals surface area (Å²) in [5, 5.41) is 1.97. The van der Waals surface area contributed by atoms with Crippen molar-refractivity contribution in [3.05, 3.63) is 92.4 Å². The van der Waals surface area contributed by atoms with E-state index in [1.807, 2.05) is 0 Å². The number of aromatic amines is 1. The summed E-state index contributed by atoms with van der Waals surface area (Å²) in [6.07, 6.45) is -4.81. The van der Waals surface area contributed by atoms with Gasteiger partial charge in [-0.15, -0.1) is 0 Å². The van der Waals surface area contributed by atoms with E-state index in [0.29, 0.717) is 31.8 Å². The molecule has 238 valence electrons. The number of alkyl halides is 3. The molecule has 0 spiro atoms. The Kier molecular flexibility index (Phi) is 8.29. The molecule has 10 nitrogen and oxygen atoms in total. The van der Waals surface area contributed by atoms with Crippen LogP contribution in [0.15, 0.2) is 76.6 Å². The van der Waals surface area contributed by atoms with Crippen molar-refractivity contribution >= 4 is 52.2 Å². The molecule has 0 bridgehead atoms. The van der Waals surface area contributed by atoms with Gasteiger partial charge in [-0.1, -0.05) is 41.3 Å². The van der Waals surface area contributed by atoms with Crippen LogP contribution in [0, 0.1) is 5.92 Å². The molecule has 2 unspecified atom stereocenters. The molecule has 1 saturated heterocycles. The van der Waals surface area contributed by atoms with Gasteiger partial charge in [-0.25, -0.2) is 4.90 Å². The molecule has 1 fully saturated rings. The quantitative estimate of drug-likeness (QED) is 0.242. The van der Waals surface area contributed by atoms with Crippen LogP contribution in [0.5, 0.6) is 17.2 Å². The van der Waals surface area contributed by atoms with E-state index in [-0.39, 0.29) is 18.1 Å². The number of hydrogen-bond donors (Lipinski definition) is 2. The molecule has 3 amide bonds. The van der Waals surface area contributed by atoms with Gasteiger partial charge in [0.2, 0.25) is 11.8 Å². The van der Waals surface area contributed by atoms with E-state index >= 15 is 0 Å². The number of carbonyl (C=O) groups excluding carboxylic acids is 3. The molecule has 2 aliphatic heterocycles. The summed E-state index contributed by atoms with van der Waals surface area (Å²) >= 11 is 1.81. The molecule has 3 aromatic carbocycles. The Labute approximate surface area is 267 Å². The molecule has 0 aliphatic carbocycles. The van der Waals surface area contributed by atoms with E-state index in [9.17, 15) is 32.3 Å². The Morgan fingerprint density at radius 1 is 0.957 bits per heavy atom. The lowest BCUT2D eigenvalue weighted by molar-refractivity contribution is -0.137. The molecule has 2 N–H and O–H groups in total. The van der Waals surface area contributed by atoms with Crippen molar-refractivity contribution in [3.8, 4) is 17.2 Å². The minimum absolute atomic E-state index is 0.199. The fourth-order valence-electron chi connectivity index (χ4n) is 5.53. The normalized spacial score (nSPS) is 19.0.